The molecule has 2 unspecified atom stereocenters. The van der Waals surface area contributed by atoms with Gasteiger partial charge in [0, 0.05) is 31.2 Å². The molecule has 1 heterocycles. The number of carboxylic acid groups (broad SMARTS) is 1. The Labute approximate surface area is 161 Å². The van der Waals surface area contributed by atoms with Crippen LogP contribution in [-0.4, -0.2) is 47.2 Å². The second kappa shape index (κ2) is 8.74. The molecule has 3 N–H and O–H groups in total. The lowest BCUT2D eigenvalue weighted by Gasteiger charge is -2.36. The topological polar surface area (TPSA) is 81.7 Å². The quantitative estimate of drug-likeness (QED) is 0.715. The van der Waals surface area contributed by atoms with Crippen LogP contribution in [0.15, 0.2) is 30.3 Å². The summed E-state index contributed by atoms with van der Waals surface area (Å²) in [6.07, 6.45) is 5.81. The second-order valence-corrected chi connectivity index (χ2v) is 8.05. The van der Waals surface area contributed by atoms with Crippen LogP contribution in [0.25, 0.3) is 0 Å². The summed E-state index contributed by atoms with van der Waals surface area (Å²) in [5.74, 6) is -1.25. The first-order chi connectivity index (χ1) is 13.0. The molecule has 2 amide bonds. The Morgan fingerprint density at radius 2 is 1.93 bits per heavy atom. The first kappa shape index (κ1) is 19.7. The number of carbonyl (C=O) groups excluding carboxylic acids is 1. The molecule has 2 atom stereocenters. The number of urea groups is 1. The minimum absolute atomic E-state index is 0.0904. The molecular weight excluding hydrogens is 342 g/mol. The molecule has 0 spiro atoms. The number of aliphatic carboxylic acids is 1. The summed E-state index contributed by atoms with van der Waals surface area (Å²) in [7, 11) is 0. The summed E-state index contributed by atoms with van der Waals surface area (Å²) in [4.78, 5) is 25.5. The molecule has 3 rings (SSSR count). The van der Waals surface area contributed by atoms with Gasteiger partial charge >= 0.3 is 12.0 Å². The summed E-state index contributed by atoms with van der Waals surface area (Å²) < 4.78 is 0. The zero-order chi connectivity index (χ0) is 19.3. The molecule has 1 saturated heterocycles. The Morgan fingerprint density at radius 1 is 1.22 bits per heavy atom. The largest absolute Gasteiger partial charge is 0.481 e. The van der Waals surface area contributed by atoms with Crippen molar-refractivity contribution in [3.8, 4) is 0 Å². The van der Waals surface area contributed by atoms with E-state index in [2.05, 4.69) is 29.7 Å². The van der Waals surface area contributed by atoms with Crippen LogP contribution < -0.4 is 10.6 Å². The number of rotatable bonds is 6. The van der Waals surface area contributed by atoms with Gasteiger partial charge in [0.1, 0.15) is 0 Å². The van der Waals surface area contributed by atoms with E-state index in [4.69, 9.17) is 0 Å². The van der Waals surface area contributed by atoms with Gasteiger partial charge < -0.3 is 20.6 Å². The van der Waals surface area contributed by atoms with E-state index in [9.17, 15) is 14.7 Å². The van der Waals surface area contributed by atoms with Crippen LogP contribution >= 0.6 is 0 Å². The predicted octanol–water partition coefficient (Wildman–Crippen LogP) is 3.16. The van der Waals surface area contributed by atoms with Crippen LogP contribution in [0.1, 0.15) is 57.1 Å². The third kappa shape index (κ3) is 5.01. The maximum absolute atomic E-state index is 12.6. The number of hydrogen-bond acceptors (Lipinski definition) is 3. The number of likely N-dealkylation sites (tertiary alicyclic amines) is 1. The predicted molar refractivity (Wildman–Crippen MR) is 105 cm³/mol. The van der Waals surface area contributed by atoms with E-state index in [1.807, 2.05) is 18.2 Å². The van der Waals surface area contributed by atoms with Gasteiger partial charge in [-0.05, 0) is 38.2 Å². The maximum Gasteiger partial charge on any atom is 0.317 e. The first-order valence-corrected chi connectivity index (χ1v) is 10.1. The Bertz CT molecular complexity index is 643. The molecule has 0 radical (unpaired) electrons. The highest BCUT2D eigenvalue weighted by Crippen LogP contribution is 2.32. The number of nitrogens with one attached hydrogen (secondary N) is 2. The molecule has 6 nitrogen and oxygen atoms in total. The molecular formula is C21H31N3O3. The first-order valence-electron chi connectivity index (χ1n) is 10.1. The second-order valence-electron chi connectivity index (χ2n) is 8.05. The Hall–Kier alpha value is -2.08. The Balaban J connectivity index is 1.58. The standard InChI is InChI=1S/C21H31N3O3/c1-16(17-8-3-2-4-9-17)23-21(11-5-6-12-21)15-22-20(27)24-13-7-10-18(14-24)19(25)26/h2-4,8-9,16,18,23H,5-7,10-15H2,1H3,(H,22,27)(H,25,26). The molecule has 148 valence electrons. The van der Waals surface area contributed by atoms with Crippen LogP contribution in [0.2, 0.25) is 0 Å². The average molecular weight is 373 g/mol. The maximum atomic E-state index is 12.6. The van der Waals surface area contributed by atoms with E-state index < -0.39 is 11.9 Å². The van der Waals surface area contributed by atoms with Crippen molar-refractivity contribution >= 4 is 12.0 Å². The van der Waals surface area contributed by atoms with Crippen molar-refractivity contribution in [3.05, 3.63) is 35.9 Å². The monoisotopic (exact) mass is 373 g/mol. The molecule has 1 aromatic rings. The number of hydrogen-bond donors (Lipinski definition) is 3. The van der Waals surface area contributed by atoms with Crippen molar-refractivity contribution in [2.75, 3.05) is 19.6 Å². The number of amides is 2. The van der Waals surface area contributed by atoms with E-state index in [0.29, 0.717) is 26.1 Å². The van der Waals surface area contributed by atoms with Crippen molar-refractivity contribution in [2.24, 2.45) is 5.92 Å². The lowest BCUT2D eigenvalue weighted by Crippen LogP contribution is -2.55. The van der Waals surface area contributed by atoms with Gasteiger partial charge in [-0.3, -0.25) is 4.79 Å². The van der Waals surface area contributed by atoms with Gasteiger partial charge in [0.25, 0.3) is 0 Å². The highest BCUT2D eigenvalue weighted by molar-refractivity contribution is 5.76. The summed E-state index contributed by atoms with van der Waals surface area (Å²) in [5, 5.41) is 16.1. The van der Waals surface area contributed by atoms with Crippen LogP contribution in [0.3, 0.4) is 0 Å². The number of benzene rings is 1. The van der Waals surface area contributed by atoms with Gasteiger partial charge in [-0.1, -0.05) is 43.2 Å². The van der Waals surface area contributed by atoms with Crippen LogP contribution in [-0.2, 0) is 4.79 Å². The molecule has 0 aromatic heterocycles. The summed E-state index contributed by atoms with van der Waals surface area (Å²) in [6.45, 7) is 3.69. The molecule has 1 aliphatic carbocycles. The average Bonchev–Trinajstić information content (AvgIpc) is 3.15. The normalized spacial score (nSPS) is 23.0. The van der Waals surface area contributed by atoms with Crippen LogP contribution in [0, 0.1) is 5.92 Å². The zero-order valence-corrected chi connectivity index (χ0v) is 16.1. The fourth-order valence-electron chi connectivity index (χ4n) is 4.43. The van der Waals surface area contributed by atoms with Gasteiger partial charge in [0.05, 0.1) is 5.92 Å². The van der Waals surface area contributed by atoms with Gasteiger partial charge in [-0.15, -0.1) is 0 Å². The molecule has 1 aromatic carbocycles. The van der Waals surface area contributed by atoms with Crippen molar-refractivity contribution in [1.29, 1.82) is 0 Å². The summed E-state index contributed by atoms with van der Waals surface area (Å²) in [5.41, 5.74) is 1.16. The van der Waals surface area contributed by atoms with Crippen molar-refractivity contribution < 1.29 is 14.7 Å². The molecule has 27 heavy (non-hydrogen) atoms. The Morgan fingerprint density at radius 3 is 2.59 bits per heavy atom. The minimum atomic E-state index is -0.807. The Kier molecular flexibility index (Phi) is 6.37. The summed E-state index contributed by atoms with van der Waals surface area (Å²) >= 11 is 0. The molecule has 1 saturated carbocycles. The van der Waals surface area contributed by atoms with E-state index in [1.165, 1.54) is 5.56 Å². The van der Waals surface area contributed by atoms with E-state index in [0.717, 1.165) is 32.1 Å². The minimum Gasteiger partial charge on any atom is -0.481 e. The van der Waals surface area contributed by atoms with Crippen LogP contribution in [0.5, 0.6) is 0 Å². The fourth-order valence-corrected chi connectivity index (χ4v) is 4.43. The lowest BCUT2D eigenvalue weighted by molar-refractivity contribution is -0.143. The van der Waals surface area contributed by atoms with Gasteiger partial charge in [-0.2, -0.15) is 0 Å². The highest BCUT2D eigenvalue weighted by atomic mass is 16.4. The molecule has 2 aliphatic rings. The van der Waals surface area contributed by atoms with E-state index in [1.54, 1.807) is 4.90 Å². The van der Waals surface area contributed by atoms with Crippen molar-refractivity contribution in [1.82, 2.24) is 15.5 Å². The molecule has 2 fully saturated rings. The van der Waals surface area contributed by atoms with E-state index >= 15 is 0 Å². The van der Waals surface area contributed by atoms with E-state index in [-0.39, 0.29) is 17.6 Å². The third-order valence-electron chi connectivity index (χ3n) is 6.02. The number of carbonyl (C=O) groups is 2. The van der Waals surface area contributed by atoms with Crippen molar-refractivity contribution in [3.63, 3.8) is 0 Å². The van der Waals surface area contributed by atoms with Crippen molar-refractivity contribution in [2.45, 2.75) is 57.0 Å². The van der Waals surface area contributed by atoms with Gasteiger partial charge in [0.15, 0.2) is 0 Å². The third-order valence-corrected chi connectivity index (χ3v) is 6.02. The highest BCUT2D eigenvalue weighted by Gasteiger charge is 2.36. The number of piperidine rings is 1. The SMILES string of the molecule is CC(NC1(CNC(=O)N2CCCC(C(=O)O)C2)CCCC1)c1ccccc1. The molecule has 0 bridgehead atoms. The zero-order valence-electron chi connectivity index (χ0n) is 16.1. The summed E-state index contributed by atoms with van der Waals surface area (Å²) in [6, 6.07) is 10.4. The van der Waals surface area contributed by atoms with Crippen LogP contribution in [0.4, 0.5) is 4.79 Å². The molecule has 1 aliphatic heterocycles. The molecule has 6 heteroatoms. The number of carboxylic acids is 1. The smallest absolute Gasteiger partial charge is 0.317 e. The lowest BCUT2D eigenvalue weighted by atomic mass is 9.94. The number of nitrogens with zero attached hydrogens (tertiary/aromatic N) is 1. The van der Waals surface area contributed by atoms with Gasteiger partial charge in [-0.25, -0.2) is 4.79 Å². The van der Waals surface area contributed by atoms with Gasteiger partial charge in [0.2, 0.25) is 0 Å². The fraction of sp³-hybridized carbons (Fsp3) is 0.619.